The molecule has 0 aliphatic carbocycles. The number of sulfonamides is 1. The Hall–Kier alpha value is -0.760. The summed E-state index contributed by atoms with van der Waals surface area (Å²) in [6.45, 7) is 5.73. The molecule has 1 N–H and O–H groups in total. The monoisotopic (exact) mass is 318 g/mol. The minimum absolute atomic E-state index is 0.0379. The first kappa shape index (κ1) is 15.6. The lowest BCUT2D eigenvalue weighted by Gasteiger charge is -2.30. The highest BCUT2D eigenvalue weighted by atomic mass is 35.5. The number of hydrogen-bond acceptors (Lipinski definition) is 5. The Labute approximate surface area is 124 Å². The van der Waals surface area contributed by atoms with Crippen LogP contribution in [-0.2, 0) is 10.0 Å². The van der Waals surface area contributed by atoms with Gasteiger partial charge in [0, 0.05) is 6.54 Å². The molecular weight excluding hydrogens is 300 g/mol. The standard InChI is InChI=1S/C12H19ClN4O2S/c1-2-17-5-3-10(4-6-17)7-16-20(18,19)11-8-14-12(13)15-9-11/h8-10,16H,2-7H2,1H3. The second kappa shape index (κ2) is 6.80. The van der Waals surface area contributed by atoms with Gasteiger partial charge in [0.2, 0.25) is 15.3 Å². The van der Waals surface area contributed by atoms with Crippen molar-refractivity contribution < 1.29 is 8.42 Å². The third kappa shape index (κ3) is 4.12. The molecule has 1 aromatic heterocycles. The minimum Gasteiger partial charge on any atom is -0.304 e. The Kier molecular flexibility index (Phi) is 5.31. The highest BCUT2D eigenvalue weighted by Gasteiger charge is 2.21. The molecule has 0 aromatic carbocycles. The first-order valence-electron chi connectivity index (χ1n) is 6.71. The van der Waals surface area contributed by atoms with Crippen molar-refractivity contribution in [2.75, 3.05) is 26.2 Å². The molecule has 0 atom stereocenters. The van der Waals surface area contributed by atoms with E-state index < -0.39 is 10.0 Å². The average Bonchev–Trinajstić information content (AvgIpc) is 2.46. The Morgan fingerprint density at radius 2 is 1.95 bits per heavy atom. The summed E-state index contributed by atoms with van der Waals surface area (Å²) in [6, 6.07) is 0. The van der Waals surface area contributed by atoms with Gasteiger partial charge in [0.05, 0.1) is 12.4 Å². The van der Waals surface area contributed by atoms with Crippen LogP contribution >= 0.6 is 11.6 Å². The van der Waals surface area contributed by atoms with Crippen molar-refractivity contribution in [2.45, 2.75) is 24.7 Å². The molecule has 1 aromatic rings. The molecule has 20 heavy (non-hydrogen) atoms. The van der Waals surface area contributed by atoms with Gasteiger partial charge in [-0.3, -0.25) is 0 Å². The molecule has 0 unspecified atom stereocenters. The number of rotatable bonds is 5. The van der Waals surface area contributed by atoms with Gasteiger partial charge in [-0.15, -0.1) is 0 Å². The zero-order valence-electron chi connectivity index (χ0n) is 11.4. The van der Waals surface area contributed by atoms with E-state index in [0.717, 1.165) is 32.5 Å². The number of piperidine rings is 1. The lowest BCUT2D eigenvalue weighted by molar-refractivity contribution is 0.193. The molecule has 8 heteroatoms. The van der Waals surface area contributed by atoms with Crippen LogP contribution in [0.15, 0.2) is 17.3 Å². The lowest BCUT2D eigenvalue weighted by atomic mass is 9.97. The van der Waals surface area contributed by atoms with Crippen LogP contribution in [0, 0.1) is 5.92 Å². The molecule has 1 aliphatic heterocycles. The second-order valence-corrected chi connectivity index (χ2v) is 7.02. The van der Waals surface area contributed by atoms with Gasteiger partial charge < -0.3 is 4.90 Å². The minimum atomic E-state index is -3.54. The summed E-state index contributed by atoms with van der Waals surface area (Å²) in [5.74, 6) is 0.390. The Bertz CT molecular complexity index is 527. The molecule has 2 heterocycles. The molecular formula is C12H19ClN4O2S. The maximum Gasteiger partial charge on any atom is 0.243 e. The summed E-state index contributed by atoms with van der Waals surface area (Å²) in [5, 5.41) is 0.0379. The number of halogens is 1. The van der Waals surface area contributed by atoms with E-state index >= 15 is 0 Å². The topological polar surface area (TPSA) is 75.2 Å². The molecule has 0 saturated carbocycles. The van der Waals surface area contributed by atoms with Crippen molar-refractivity contribution >= 4 is 21.6 Å². The molecule has 6 nitrogen and oxygen atoms in total. The van der Waals surface area contributed by atoms with E-state index in [1.165, 1.54) is 12.4 Å². The van der Waals surface area contributed by atoms with Gasteiger partial charge in [0.15, 0.2) is 0 Å². The molecule has 1 saturated heterocycles. The van der Waals surface area contributed by atoms with Gasteiger partial charge in [-0.25, -0.2) is 23.1 Å². The Balaban J connectivity index is 1.88. The van der Waals surface area contributed by atoms with E-state index in [1.54, 1.807) is 0 Å². The number of nitrogens with one attached hydrogen (secondary N) is 1. The maximum absolute atomic E-state index is 12.1. The van der Waals surface area contributed by atoms with Crippen LogP contribution in [0.5, 0.6) is 0 Å². The lowest BCUT2D eigenvalue weighted by Crippen LogP contribution is -2.38. The summed E-state index contributed by atoms with van der Waals surface area (Å²) >= 11 is 5.55. The highest BCUT2D eigenvalue weighted by Crippen LogP contribution is 2.17. The molecule has 1 fully saturated rings. The van der Waals surface area contributed by atoms with Crippen molar-refractivity contribution in [3.8, 4) is 0 Å². The van der Waals surface area contributed by atoms with Crippen LogP contribution in [0.2, 0.25) is 5.28 Å². The fraction of sp³-hybridized carbons (Fsp3) is 0.667. The van der Waals surface area contributed by atoms with Crippen molar-refractivity contribution in [3.63, 3.8) is 0 Å². The van der Waals surface area contributed by atoms with Crippen LogP contribution < -0.4 is 4.72 Å². The van der Waals surface area contributed by atoms with Crippen LogP contribution in [0.3, 0.4) is 0 Å². The summed E-state index contributed by atoms with van der Waals surface area (Å²) in [4.78, 5) is 9.80. The predicted octanol–water partition coefficient (Wildman–Crippen LogP) is 1.14. The fourth-order valence-electron chi connectivity index (χ4n) is 2.26. The van der Waals surface area contributed by atoms with Crippen LogP contribution in [0.25, 0.3) is 0 Å². The van der Waals surface area contributed by atoms with Crippen LogP contribution in [0.4, 0.5) is 0 Å². The van der Waals surface area contributed by atoms with Crippen molar-refractivity contribution in [3.05, 3.63) is 17.7 Å². The zero-order valence-corrected chi connectivity index (χ0v) is 13.0. The molecule has 0 radical (unpaired) electrons. The van der Waals surface area contributed by atoms with Gasteiger partial charge in [0.1, 0.15) is 4.90 Å². The van der Waals surface area contributed by atoms with E-state index in [-0.39, 0.29) is 10.2 Å². The molecule has 1 aliphatic rings. The van der Waals surface area contributed by atoms with Crippen LogP contribution in [0.1, 0.15) is 19.8 Å². The first-order chi connectivity index (χ1) is 9.51. The number of likely N-dealkylation sites (tertiary alicyclic amines) is 1. The predicted molar refractivity (Wildman–Crippen MR) is 77.1 cm³/mol. The maximum atomic E-state index is 12.1. The summed E-state index contributed by atoms with van der Waals surface area (Å²) in [7, 11) is -3.54. The normalized spacial score (nSPS) is 18.3. The van der Waals surface area contributed by atoms with E-state index in [1.807, 2.05) is 0 Å². The first-order valence-corrected chi connectivity index (χ1v) is 8.57. The van der Waals surface area contributed by atoms with E-state index in [2.05, 4.69) is 26.5 Å². The quantitative estimate of drug-likeness (QED) is 0.824. The SMILES string of the molecule is CCN1CCC(CNS(=O)(=O)c2cnc(Cl)nc2)CC1. The molecule has 0 amide bonds. The molecule has 112 valence electrons. The summed E-state index contributed by atoms with van der Waals surface area (Å²) in [6.07, 6.45) is 4.48. The molecule has 2 rings (SSSR count). The van der Waals surface area contributed by atoms with E-state index in [4.69, 9.17) is 11.6 Å². The Morgan fingerprint density at radius 3 is 2.50 bits per heavy atom. The third-order valence-electron chi connectivity index (χ3n) is 3.62. The second-order valence-electron chi connectivity index (χ2n) is 4.92. The van der Waals surface area contributed by atoms with Crippen LogP contribution in [-0.4, -0.2) is 49.5 Å². The van der Waals surface area contributed by atoms with E-state index in [9.17, 15) is 8.42 Å². The third-order valence-corrected chi connectivity index (χ3v) is 5.20. The van der Waals surface area contributed by atoms with Gasteiger partial charge in [-0.1, -0.05) is 6.92 Å². The van der Waals surface area contributed by atoms with Gasteiger partial charge >= 0.3 is 0 Å². The number of aromatic nitrogens is 2. The Morgan fingerprint density at radius 1 is 1.35 bits per heavy atom. The van der Waals surface area contributed by atoms with Gasteiger partial charge in [0.25, 0.3) is 0 Å². The number of hydrogen-bond donors (Lipinski definition) is 1. The largest absolute Gasteiger partial charge is 0.304 e. The summed E-state index contributed by atoms with van der Waals surface area (Å²) in [5.41, 5.74) is 0. The van der Waals surface area contributed by atoms with Gasteiger partial charge in [-0.2, -0.15) is 0 Å². The fourth-order valence-corrected chi connectivity index (χ4v) is 3.36. The highest BCUT2D eigenvalue weighted by molar-refractivity contribution is 7.89. The van der Waals surface area contributed by atoms with Crippen molar-refractivity contribution in [2.24, 2.45) is 5.92 Å². The average molecular weight is 319 g/mol. The molecule has 0 bridgehead atoms. The summed E-state index contributed by atoms with van der Waals surface area (Å²) < 4.78 is 26.8. The molecule has 0 spiro atoms. The zero-order chi connectivity index (χ0) is 14.6. The van der Waals surface area contributed by atoms with E-state index in [0.29, 0.717) is 12.5 Å². The van der Waals surface area contributed by atoms with Gasteiger partial charge in [-0.05, 0) is 50.0 Å². The smallest absolute Gasteiger partial charge is 0.243 e. The number of nitrogens with zero attached hydrogens (tertiary/aromatic N) is 3. The van der Waals surface area contributed by atoms with Crippen molar-refractivity contribution in [1.29, 1.82) is 0 Å². The van der Waals surface area contributed by atoms with Crippen molar-refractivity contribution in [1.82, 2.24) is 19.6 Å².